The van der Waals surface area contributed by atoms with Gasteiger partial charge in [-0.15, -0.1) is 0 Å². The molecule has 3 amide bonds. The summed E-state index contributed by atoms with van der Waals surface area (Å²) in [7, 11) is 1.60. The van der Waals surface area contributed by atoms with Gasteiger partial charge in [0.1, 0.15) is 18.4 Å². The predicted molar refractivity (Wildman–Crippen MR) is 105 cm³/mol. The molecule has 2 aliphatic rings. The van der Waals surface area contributed by atoms with Crippen LogP contribution in [-0.4, -0.2) is 77.6 Å². The fraction of sp³-hybridized carbons (Fsp3) is 0.400. The van der Waals surface area contributed by atoms with E-state index in [1.165, 1.54) is 0 Å². The van der Waals surface area contributed by atoms with E-state index in [4.69, 9.17) is 9.47 Å². The Kier molecular flexibility index (Phi) is 5.46. The number of hydrogen-bond acceptors (Lipinski definition) is 6. The lowest BCUT2D eigenvalue weighted by atomic mass is 10.3. The molecule has 29 heavy (non-hydrogen) atoms. The van der Waals surface area contributed by atoms with Gasteiger partial charge in [-0.05, 0) is 24.3 Å². The van der Waals surface area contributed by atoms with Crippen molar-refractivity contribution in [2.75, 3.05) is 44.7 Å². The van der Waals surface area contributed by atoms with Crippen LogP contribution in [0.1, 0.15) is 6.42 Å². The number of rotatable bonds is 6. The lowest BCUT2D eigenvalue weighted by molar-refractivity contribution is -0.130. The summed E-state index contributed by atoms with van der Waals surface area (Å²) in [6.07, 6.45) is 5.33. The second-order valence-electron chi connectivity index (χ2n) is 6.97. The molecule has 1 aromatic carbocycles. The molecular weight excluding hydrogens is 374 g/mol. The maximum Gasteiger partial charge on any atom is 0.325 e. The van der Waals surface area contributed by atoms with Crippen LogP contribution in [0, 0.1) is 0 Å². The first-order valence-corrected chi connectivity index (χ1v) is 9.55. The molecule has 0 N–H and O–H groups in total. The summed E-state index contributed by atoms with van der Waals surface area (Å²) in [6, 6.07) is 7.17. The van der Waals surface area contributed by atoms with E-state index < -0.39 is 0 Å². The van der Waals surface area contributed by atoms with E-state index in [1.807, 2.05) is 24.3 Å². The van der Waals surface area contributed by atoms with Crippen LogP contribution in [0.4, 0.5) is 10.5 Å². The number of carbonyl (C=O) groups is 2. The van der Waals surface area contributed by atoms with Crippen molar-refractivity contribution in [3.05, 3.63) is 42.9 Å². The maximum absolute atomic E-state index is 12.7. The van der Waals surface area contributed by atoms with Gasteiger partial charge in [0.2, 0.25) is 11.8 Å². The van der Waals surface area contributed by atoms with Crippen LogP contribution in [0.3, 0.4) is 0 Å². The van der Waals surface area contributed by atoms with Crippen molar-refractivity contribution in [2.45, 2.75) is 12.5 Å². The molecule has 4 rings (SSSR count). The molecule has 1 aromatic heterocycles. The Labute approximate surface area is 168 Å². The first kappa shape index (κ1) is 19.0. The van der Waals surface area contributed by atoms with Crippen molar-refractivity contribution in [3.8, 4) is 11.6 Å². The average molecular weight is 397 g/mol. The Morgan fingerprint density at radius 1 is 1.17 bits per heavy atom. The SMILES string of the molecule is COc1ccc(N2CCN(CC(=O)N3CCC(Oc4cnccn4)C3)C2=O)cc1. The van der Waals surface area contributed by atoms with E-state index in [1.54, 1.807) is 40.4 Å². The highest BCUT2D eigenvalue weighted by Gasteiger charge is 2.34. The summed E-state index contributed by atoms with van der Waals surface area (Å²) >= 11 is 0. The minimum absolute atomic E-state index is 0.0693. The van der Waals surface area contributed by atoms with Crippen molar-refractivity contribution < 1.29 is 19.1 Å². The van der Waals surface area contributed by atoms with Crippen molar-refractivity contribution in [3.63, 3.8) is 0 Å². The average Bonchev–Trinajstić information content (AvgIpc) is 3.36. The molecule has 3 heterocycles. The van der Waals surface area contributed by atoms with E-state index >= 15 is 0 Å². The molecule has 1 atom stereocenters. The Bertz CT molecular complexity index is 861. The summed E-state index contributed by atoms with van der Waals surface area (Å²) in [5, 5.41) is 0. The van der Waals surface area contributed by atoms with Crippen LogP contribution in [0.2, 0.25) is 0 Å². The molecule has 0 radical (unpaired) electrons. The molecule has 0 bridgehead atoms. The molecular formula is C20H23N5O4. The molecule has 0 aliphatic carbocycles. The molecule has 9 nitrogen and oxygen atoms in total. The fourth-order valence-corrected chi connectivity index (χ4v) is 3.56. The summed E-state index contributed by atoms with van der Waals surface area (Å²) in [5.41, 5.74) is 0.796. The monoisotopic (exact) mass is 397 g/mol. The highest BCUT2D eigenvalue weighted by molar-refractivity contribution is 5.96. The lowest BCUT2D eigenvalue weighted by Crippen LogP contribution is -2.42. The number of benzene rings is 1. The number of carbonyl (C=O) groups excluding carboxylic acids is 2. The third-order valence-electron chi connectivity index (χ3n) is 5.13. The van der Waals surface area contributed by atoms with Crippen LogP contribution in [-0.2, 0) is 4.79 Å². The smallest absolute Gasteiger partial charge is 0.325 e. The van der Waals surface area contributed by atoms with Gasteiger partial charge < -0.3 is 19.3 Å². The largest absolute Gasteiger partial charge is 0.497 e. The molecule has 0 saturated carbocycles. The number of likely N-dealkylation sites (tertiary alicyclic amines) is 1. The van der Waals surface area contributed by atoms with Crippen molar-refractivity contribution in [1.82, 2.24) is 19.8 Å². The predicted octanol–water partition coefficient (Wildman–Crippen LogP) is 1.41. The Morgan fingerprint density at radius 3 is 2.72 bits per heavy atom. The number of amides is 3. The van der Waals surface area contributed by atoms with Crippen LogP contribution in [0.25, 0.3) is 0 Å². The number of hydrogen-bond donors (Lipinski definition) is 0. The quantitative estimate of drug-likeness (QED) is 0.732. The number of anilines is 1. The van der Waals surface area contributed by atoms with Gasteiger partial charge in [0.25, 0.3) is 0 Å². The number of urea groups is 1. The van der Waals surface area contributed by atoms with E-state index in [2.05, 4.69) is 9.97 Å². The van der Waals surface area contributed by atoms with E-state index in [-0.39, 0.29) is 24.6 Å². The second kappa shape index (κ2) is 8.34. The minimum Gasteiger partial charge on any atom is -0.497 e. The molecule has 2 saturated heterocycles. The summed E-state index contributed by atoms with van der Waals surface area (Å²) in [6.45, 7) is 2.23. The van der Waals surface area contributed by atoms with Crippen LogP contribution < -0.4 is 14.4 Å². The Balaban J connectivity index is 1.30. The summed E-state index contributed by atoms with van der Waals surface area (Å²) in [5.74, 6) is 1.12. The normalized spacial score (nSPS) is 19.0. The standard InChI is InChI=1S/C20H23N5O4/c1-28-16-4-2-15(3-5-16)25-11-10-24(20(25)27)14-19(26)23-9-6-17(13-23)29-18-12-21-7-8-22-18/h2-5,7-8,12,17H,6,9-11,13-14H2,1H3. The Morgan fingerprint density at radius 2 is 2.00 bits per heavy atom. The highest BCUT2D eigenvalue weighted by Crippen LogP contribution is 2.23. The molecule has 2 fully saturated rings. The van der Waals surface area contributed by atoms with Crippen LogP contribution in [0.5, 0.6) is 11.6 Å². The molecule has 1 unspecified atom stereocenters. The van der Waals surface area contributed by atoms with Gasteiger partial charge in [-0.25, -0.2) is 9.78 Å². The van der Waals surface area contributed by atoms with E-state index in [0.29, 0.717) is 32.1 Å². The molecule has 2 aliphatic heterocycles. The number of methoxy groups -OCH3 is 1. The number of ether oxygens (including phenoxy) is 2. The van der Waals surface area contributed by atoms with E-state index in [0.717, 1.165) is 17.9 Å². The zero-order valence-electron chi connectivity index (χ0n) is 16.2. The molecule has 152 valence electrons. The van der Waals surface area contributed by atoms with Gasteiger partial charge >= 0.3 is 6.03 Å². The van der Waals surface area contributed by atoms with Crippen LogP contribution in [0.15, 0.2) is 42.9 Å². The number of aromatic nitrogens is 2. The highest BCUT2D eigenvalue weighted by atomic mass is 16.5. The zero-order valence-corrected chi connectivity index (χ0v) is 16.2. The first-order valence-electron chi connectivity index (χ1n) is 9.55. The summed E-state index contributed by atoms with van der Waals surface area (Å²) < 4.78 is 10.9. The van der Waals surface area contributed by atoms with Crippen molar-refractivity contribution in [1.29, 1.82) is 0 Å². The first-order chi connectivity index (χ1) is 14.1. The minimum atomic E-state index is -0.157. The zero-order chi connectivity index (χ0) is 20.2. The fourth-order valence-electron chi connectivity index (χ4n) is 3.56. The molecule has 9 heteroatoms. The third kappa shape index (κ3) is 4.23. The van der Waals surface area contributed by atoms with Gasteiger partial charge in [-0.3, -0.25) is 14.7 Å². The van der Waals surface area contributed by atoms with Crippen LogP contribution >= 0.6 is 0 Å². The van der Waals surface area contributed by atoms with Gasteiger partial charge in [0.05, 0.1) is 19.9 Å². The lowest BCUT2D eigenvalue weighted by Gasteiger charge is -2.22. The topological polar surface area (TPSA) is 88.1 Å². The van der Waals surface area contributed by atoms with Crippen molar-refractivity contribution in [2.24, 2.45) is 0 Å². The molecule has 2 aromatic rings. The van der Waals surface area contributed by atoms with Gasteiger partial charge in [0, 0.05) is 44.1 Å². The third-order valence-corrected chi connectivity index (χ3v) is 5.13. The van der Waals surface area contributed by atoms with Gasteiger partial charge in [-0.2, -0.15) is 0 Å². The second-order valence-corrected chi connectivity index (χ2v) is 6.97. The number of nitrogens with zero attached hydrogens (tertiary/aromatic N) is 5. The van der Waals surface area contributed by atoms with Gasteiger partial charge in [0.15, 0.2) is 0 Å². The molecule has 0 spiro atoms. The van der Waals surface area contributed by atoms with E-state index in [9.17, 15) is 9.59 Å². The van der Waals surface area contributed by atoms with Gasteiger partial charge in [-0.1, -0.05) is 0 Å². The maximum atomic E-state index is 12.7. The Hall–Kier alpha value is -3.36. The summed E-state index contributed by atoms with van der Waals surface area (Å²) in [4.78, 5) is 38.5. The van der Waals surface area contributed by atoms with Crippen molar-refractivity contribution >= 4 is 17.6 Å².